The van der Waals surface area contributed by atoms with E-state index in [0.717, 1.165) is 0 Å². The van der Waals surface area contributed by atoms with Crippen molar-refractivity contribution in [2.45, 2.75) is 25.8 Å². The summed E-state index contributed by atoms with van der Waals surface area (Å²) in [5.41, 5.74) is 0.689. The molecule has 1 aliphatic heterocycles. The van der Waals surface area contributed by atoms with Gasteiger partial charge in [-0.05, 0) is 36.4 Å². The van der Waals surface area contributed by atoms with E-state index in [1.807, 2.05) is 0 Å². The maximum absolute atomic E-state index is 12.3. The van der Waals surface area contributed by atoms with Crippen LogP contribution in [0.1, 0.15) is 40.0 Å². The van der Waals surface area contributed by atoms with Crippen LogP contribution in [0.3, 0.4) is 0 Å². The van der Waals surface area contributed by atoms with Crippen molar-refractivity contribution < 1.29 is 19.1 Å². The van der Waals surface area contributed by atoms with E-state index in [4.69, 9.17) is 4.74 Å². The summed E-state index contributed by atoms with van der Waals surface area (Å²) < 4.78 is 6.60. The van der Waals surface area contributed by atoms with E-state index in [9.17, 15) is 19.2 Å². The van der Waals surface area contributed by atoms with Crippen molar-refractivity contribution in [2.75, 3.05) is 13.2 Å². The van der Waals surface area contributed by atoms with E-state index < -0.39 is 5.97 Å². The lowest BCUT2D eigenvalue weighted by Crippen LogP contribution is -2.30. The molecule has 2 amide bonds. The number of thiophene rings is 1. The quantitative estimate of drug-likeness (QED) is 0.312. The van der Waals surface area contributed by atoms with Gasteiger partial charge in [-0.2, -0.15) is 0 Å². The number of esters is 1. The lowest BCUT2D eigenvalue weighted by molar-refractivity contribution is -0.144. The van der Waals surface area contributed by atoms with Gasteiger partial charge in [-0.1, -0.05) is 12.1 Å². The van der Waals surface area contributed by atoms with Crippen molar-refractivity contribution in [3.05, 3.63) is 63.5 Å². The van der Waals surface area contributed by atoms with Gasteiger partial charge in [0.2, 0.25) is 0 Å². The fourth-order valence-electron chi connectivity index (χ4n) is 3.34. The highest BCUT2D eigenvalue weighted by atomic mass is 32.1. The summed E-state index contributed by atoms with van der Waals surface area (Å²) >= 11 is 1.39. The predicted molar refractivity (Wildman–Crippen MR) is 110 cm³/mol. The van der Waals surface area contributed by atoms with Gasteiger partial charge in [-0.15, -0.1) is 11.3 Å². The second kappa shape index (κ2) is 8.58. The van der Waals surface area contributed by atoms with Crippen LogP contribution in [0, 0.1) is 0 Å². The Balaban J connectivity index is 1.18. The Morgan fingerprint density at radius 3 is 2.47 bits per heavy atom. The zero-order valence-electron chi connectivity index (χ0n) is 16.1. The molecule has 30 heavy (non-hydrogen) atoms. The average molecular weight is 425 g/mol. The number of aryl methyl sites for hydroxylation is 1. The van der Waals surface area contributed by atoms with Crippen LogP contribution in [-0.2, 0) is 16.1 Å². The molecule has 0 radical (unpaired) electrons. The van der Waals surface area contributed by atoms with Crippen LogP contribution in [0.15, 0.2) is 46.8 Å². The molecule has 1 aromatic carbocycles. The second-order valence-electron chi connectivity index (χ2n) is 6.87. The minimum absolute atomic E-state index is 0.0651. The van der Waals surface area contributed by atoms with Crippen LogP contribution in [0.25, 0.3) is 10.2 Å². The molecule has 0 fully saturated rings. The van der Waals surface area contributed by atoms with E-state index in [-0.39, 0.29) is 43.5 Å². The lowest BCUT2D eigenvalue weighted by Gasteiger charge is -2.13. The molecular formula is C21H19N3O5S. The summed E-state index contributed by atoms with van der Waals surface area (Å²) in [5, 5.41) is 2.35. The van der Waals surface area contributed by atoms with E-state index in [2.05, 4.69) is 4.98 Å². The molecule has 9 heteroatoms. The highest BCUT2D eigenvalue weighted by Gasteiger charge is 2.34. The normalized spacial score (nSPS) is 13.1. The van der Waals surface area contributed by atoms with E-state index in [1.165, 1.54) is 27.1 Å². The number of imide groups is 1. The molecular weight excluding hydrogens is 406 g/mol. The van der Waals surface area contributed by atoms with Crippen molar-refractivity contribution >= 4 is 39.3 Å². The molecule has 3 heterocycles. The van der Waals surface area contributed by atoms with Crippen LogP contribution < -0.4 is 5.56 Å². The van der Waals surface area contributed by atoms with Crippen molar-refractivity contribution in [1.82, 2.24) is 14.5 Å². The van der Waals surface area contributed by atoms with Crippen LogP contribution in [0.2, 0.25) is 0 Å². The lowest BCUT2D eigenvalue weighted by atomic mass is 10.1. The number of fused-ring (bicyclic) bond motifs is 2. The number of hydrogen-bond donors (Lipinski definition) is 0. The Labute approximate surface area is 175 Å². The number of nitrogens with zero attached hydrogens (tertiary/aromatic N) is 3. The number of ether oxygens (including phenoxy) is 1. The maximum Gasteiger partial charge on any atom is 0.307 e. The third-order valence-corrected chi connectivity index (χ3v) is 5.75. The Morgan fingerprint density at radius 1 is 1.00 bits per heavy atom. The van der Waals surface area contributed by atoms with Crippen LogP contribution >= 0.6 is 11.3 Å². The van der Waals surface area contributed by atoms with E-state index in [1.54, 1.807) is 35.7 Å². The van der Waals surface area contributed by atoms with Gasteiger partial charge in [-0.25, -0.2) is 4.98 Å². The Hall–Kier alpha value is -3.33. The minimum atomic E-state index is -0.409. The molecule has 0 unspecified atom stereocenters. The molecule has 154 valence electrons. The average Bonchev–Trinajstić information content (AvgIpc) is 3.32. The number of aromatic nitrogens is 2. The van der Waals surface area contributed by atoms with Gasteiger partial charge in [0.05, 0.1) is 35.9 Å². The van der Waals surface area contributed by atoms with Gasteiger partial charge in [0, 0.05) is 13.1 Å². The first kappa shape index (κ1) is 20.0. The summed E-state index contributed by atoms with van der Waals surface area (Å²) in [6, 6.07) is 8.48. The molecule has 4 rings (SSSR count). The standard InChI is InChI=1S/C21H19N3O5S/c25-17(7-10-23-13-22-18-16(19(23)26)8-12-30-18)29-11-4-3-9-24-20(27)14-5-1-2-6-15(14)21(24)28/h1-2,5-6,8,12-13H,3-4,7,9-11H2. The molecule has 3 aromatic rings. The third kappa shape index (κ3) is 3.88. The Morgan fingerprint density at radius 2 is 1.73 bits per heavy atom. The molecule has 8 nitrogen and oxygen atoms in total. The first-order valence-electron chi connectivity index (χ1n) is 9.60. The number of unbranched alkanes of at least 4 members (excludes halogenated alkanes) is 1. The summed E-state index contributed by atoms with van der Waals surface area (Å²) in [5.74, 6) is -0.975. The van der Waals surface area contributed by atoms with Gasteiger partial charge in [0.15, 0.2) is 0 Å². The number of carbonyl (C=O) groups excluding carboxylic acids is 3. The molecule has 2 aromatic heterocycles. The molecule has 0 N–H and O–H groups in total. The number of amides is 2. The van der Waals surface area contributed by atoms with Gasteiger partial charge in [-0.3, -0.25) is 28.6 Å². The first-order chi connectivity index (χ1) is 14.6. The fourth-order valence-corrected chi connectivity index (χ4v) is 4.06. The predicted octanol–water partition coefficient (Wildman–Crippen LogP) is 2.47. The fraction of sp³-hybridized carbons (Fsp3) is 0.286. The van der Waals surface area contributed by atoms with E-state index >= 15 is 0 Å². The van der Waals surface area contributed by atoms with Crippen LogP contribution in [0.5, 0.6) is 0 Å². The topological polar surface area (TPSA) is 98.6 Å². The molecule has 0 spiro atoms. The largest absolute Gasteiger partial charge is 0.466 e. The number of carbonyl (C=O) groups is 3. The highest BCUT2D eigenvalue weighted by molar-refractivity contribution is 7.16. The summed E-state index contributed by atoms with van der Waals surface area (Å²) in [4.78, 5) is 54.9. The van der Waals surface area contributed by atoms with Gasteiger partial charge >= 0.3 is 5.97 Å². The summed E-state index contributed by atoms with van der Waals surface area (Å²) in [6.07, 6.45) is 2.57. The minimum Gasteiger partial charge on any atom is -0.466 e. The van der Waals surface area contributed by atoms with Gasteiger partial charge in [0.1, 0.15) is 4.83 Å². The first-order valence-corrected chi connectivity index (χ1v) is 10.5. The summed E-state index contributed by atoms with van der Waals surface area (Å²) in [7, 11) is 0. The highest BCUT2D eigenvalue weighted by Crippen LogP contribution is 2.22. The van der Waals surface area contributed by atoms with Crippen molar-refractivity contribution in [3.63, 3.8) is 0 Å². The number of hydrogen-bond acceptors (Lipinski definition) is 7. The smallest absolute Gasteiger partial charge is 0.307 e. The van der Waals surface area contributed by atoms with Crippen molar-refractivity contribution in [3.8, 4) is 0 Å². The SMILES string of the molecule is O=C(CCn1cnc2sccc2c1=O)OCCCCN1C(=O)c2ccccc2C1=O. The number of rotatable bonds is 8. The molecule has 0 atom stereocenters. The third-order valence-electron chi connectivity index (χ3n) is 4.92. The zero-order valence-corrected chi connectivity index (χ0v) is 16.9. The number of benzene rings is 1. The maximum atomic E-state index is 12.3. The van der Waals surface area contributed by atoms with Crippen LogP contribution in [-0.4, -0.2) is 45.4 Å². The molecule has 1 aliphatic rings. The van der Waals surface area contributed by atoms with Crippen molar-refractivity contribution in [1.29, 1.82) is 0 Å². The second-order valence-corrected chi connectivity index (χ2v) is 7.76. The van der Waals surface area contributed by atoms with Gasteiger partial charge in [0.25, 0.3) is 17.4 Å². The van der Waals surface area contributed by atoms with Crippen molar-refractivity contribution in [2.24, 2.45) is 0 Å². The van der Waals surface area contributed by atoms with E-state index in [0.29, 0.717) is 34.2 Å². The Bertz CT molecular complexity index is 1150. The monoisotopic (exact) mass is 425 g/mol. The molecule has 0 saturated carbocycles. The Kier molecular flexibility index (Phi) is 5.71. The van der Waals surface area contributed by atoms with Crippen LogP contribution in [0.4, 0.5) is 0 Å². The molecule has 0 bridgehead atoms. The summed E-state index contributed by atoms with van der Waals surface area (Å²) in [6.45, 7) is 0.676. The molecule has 0 aliphatic carbocycles. The zero-order chi connectivity index (χ0) is 21.1. The van der Waals surface area contributed by atoms with Gasteiger partial charge < -0.3 is 4.74 Å². The molecule has 0 saturated heterocycles.